The number of para-hydroxylation sites is 3. The monoisotopic (exact) mass is 289 g/mol. The van der Waals surface area contributed by atoms with E-state index >= 15 is 0 Å². The van der Waals surface area contributed by atoms with E-state index in [0.717, 1.165) is 16.9 Å². The summed E-state index contributed by atoms with van der Waals surface area (Å²) in [7, 11) is 0. The molecule has 0 saturated heterocycles. The molecule has 0 radical (unpaired) electrons. The number of fused-ring (bicyclic) bond motifs is 3. The van der Waals surface area contributed by atoms with E-state index in [1.54, 1.807) is 0 Å². The number of aromatic nitrogens is 2. The molecule has 0 aliphatic rings. The first-order chi connectivity index (χ1) is 10.6. The lowest BCUT2D eigenvalue weighted by molar-refractivity contribution is 1.10. The maximum Gasteiger partial charge on any atom is 0.146 e. The summed E-state index contributed by atoms with van der Waals surface area (Å²) < 4.78 is 4.49. The highest BCUT2D eigenvalue weighted by Gasteiger charge is 2.18. The first kappa shape index (κ1) is 13.0. The van der Waals surface area contributed by atoms with Gasteiger partial charge in [0.05, 0.1) is 22.4 Å². The number of hydrogen-bond acceptors (Lipinski definition) is 1. The summed E-state index contributed by atoms with van der Waals surface area (Å²) in [5.41, 5.74) is 15.5. The minimum atomic E-state index is 0.846. The van der Waals surface area contributed by atoms with Gasteiger partial charge in [-0.25, -0.2) is 0 Å². The fraction of sp³-hybridized carbons (Fsp3) is 0.158. The molecule has 0 unspecified atom stereocenters. The SMILES string of the molecule is Cc1cccc(C)c1-n1c2ccccc2n2cc(C)c(N)c12. The Morgan fingerprint density at radius 2 is 1.41 bits per heavy atom. The molecule has 0 saturated carbocycles. The number of nitrogens with two attached hydrogens (primary N) is 1. The highest BCUT2D eigenvalue weighted by Crippen LogP contribution is 2.33. The standard InChI is InChI=1S/C19H19N3/c1-12-7-6-8-13(2)18(12)22-16-10-5-4-9-15(16)21-11-14(3)17(20)19(21)22/h4-11H,20H2,1-3H3. The fourth-order valence-electron chi connectivity index (χ4n) is 3.40. The topological polar surface area (TPSA) is 35.4 Å². The first-order valence-electron chi connectivity index (χ1n) is 7.52. The largest absolute Gasteiger partial charge is 0.395 e. The van der Waals surface area contributed by atoms with Gasteiger partial charge in [-0.05, 0) is 49.6 Å². The van der Waals surface area contributed by atoms with Gasteiger partial charge in [-0.2, -0.15) is 0 Å². The van der Waals surface area contributed by atoms with Crippen molar-refractivity contribution in [1.82, 2.24) is 8.97 Å². The number of nitrogen functional groups attached to an aromatic ring is 1. The van der Waals surface area contributed by atoms with Crippen molar-refractivity contribution in [2.24, 2.45) is 0 Å². The Kier molecular flexibility index (Phi) is 2.61. The lowest BCUT2D eigenvalue weighted by Gasteiger charge is -2.13. The summed E-state index contributed by atoms with van der Waals surface area (Å²) in [4.78, 5) is 0. The van der Waals surface area contributed by atoms with Gasteiger partial charge < -0.3 is 5.73 Å². The molecule has 3 nitrogen and oxygen atoms in total. The van der Waals surface area contributed by atoms with Gasteiger partial charge in [-0.1, -0.05) is 30.3 Å². The molecule has 0 bridgehead atoms. The third kappa shape index (κ3) is 1.56. The van der Waals surface area contributed by atoms with Crippen LogP contribution < -0.4 is 5.73 Å². The number of hydrogen-bond donors (Lipinski definition) is 1. The van der Waals surface area contributed by atoms with Crippen molar-refractivity contribution < 1.29 is 0 Å². The Hall–Kier alpha value is -2.68. The molecule has 0 fully saturated rings. The van der Waals surface area contributed by atoms with Gasteiger partial charge in [0.15, 0.2) is 0 Å². The molecule has 0 atom stereocenters. The number of imidazole rings is 1. The Labute approximate surface area is 129 Å². The van der Waals surface area contributed by atoms with Crippen LogP contribution in [-0.2, 0) is 0 Å². The zero-order valence-corrected chi connectivity index (χ0v) is 13.1. The van der Waals surface area contributed by atoms with Crippen LogP contribution in [0.5, 0.6) is 0 Å². The van der Waals surface area contributed by atoms with Crippen molar-refractivity contribution in [2.75, 3.05) is 5.73 Å². The van der Waals surface area contributed by atoms with Gasteiger partial charge >= 0.3 is 0 Å². The van der Waals surface area contributed by atoms with Crippen LogP contribution >= 0.6 is 0 Å². The van der Waals surface area contributed by atoms with Crippen molar-refractivity contribution in [3.63, 3.8) is 0 Å². The Balaban J connectivity index is 2.29. The summed E-state index contributed by atoms with van der Waals surface area (Å²) in [6, 6.07) is 14.9. The van der Waals surface area contributed by atoms with Crippen LogP contribution in [0.2, 0.25) is 0 Å². The molecule has 0 aliphatic carbocycles. The van der Waals surface area contributed by atoms with E-state index in [1.165, 1.54) is 27.8 Å². The van der Waals surface area contributed by atoms with Crippen molar-refractivity contribution in [3.05, 3.63) is 65.4 Å². The smallest absolute Gasteiger partial charge is 0.146 e. The van der Waals surface area contributed by atoms with Gasteiger partial charge in [0.1, 0.15) is 5.65 Å². The van der Waals surface area contributed by atoms with Gasteiger partial charge in [0.2, 0.25) is 0 Å². The molecule has 110 valence electrons. The molecule has 22 heavy (non-hydrogen) atoms. The molecule has 2 heterocycles. The average Bonchev–Trinajstić information content (AvgIpc) is 2.96. The highest BCUT2D eigenvalue weighted by atomic mass is 15.1. The van der Waals surface area contributed by atoms with Crippen LogP contribution in [0.3, 0.4) is 0 Å². The van der Waals surface area contributed by atoms with Gasteiger partial charge in [-0.3, -0.25) is 8.97 Å². The molecular weight excluding hydrogens is 270 g/mol. The first-order valence-corrected chi connectivity index (χ1v) is 7.52. The van der Waals surface area contributed by atoms with Crippen LogP contribution in [0.25, 0.3) is 22.4 Å². The van der Waals surface area contributed by atoms with Crippen molar-refractivity contribution in [3.8, 4) is 5.69 Å². The zero-order valence-electron chi connectivity index (χ0n) is 13.1. The molecule has 0 amide bonds. The lowest BCUT2D eigenvalue weighted by atomic mass is 10.1. The summed E-state index contributed by atoms with van der Waals surface area (Å²) in [5, 5.41) is 0. The van der Waals surface area contributed by atoms with E-state index in [-0.39, 0.29) is 0 Å². The predicted molar refractivity (Wildman–Crippen MR) is 92.9 cm³/mol. The maximum atomic E-state index is 6.40. The van der Waals surface area contributed by atoms with Crippen molar-refractivity contribution in [1.29, 1.82) is 0 Å². The molecule has 2 N–H and O–H groups in total. The molecule has 3 heteroatoms. The third-order valence-corrected chi connectivity index (χ3v) is 4.47. The number of aryl methyl sites for hydroxylation is 3. The van der Waals surface area contributed by atoms with Crippen LogP contribution in [-0.4, -0.2) is 8.97 Å². The number of nitrogens with zero attached hydrogens (tertiary/aromatic N) is 2. The van der Waals surface area contributed by atoms with Crippen LogP contribution in [0.15, 0.2) is 48.7 Å². The van der Waals surface area contributed by atoms with Gasteiger partial charge in [-0.15, -0.1) is 0 Å². The quantitative estimate of drug-likeness (QED) is 0.554. The summed E-state index contributed by atoms with van der Waals surface area (Å²) in [6.45, 7) is 6.37. The number of benzene rings is 2. The molecule has 4 aromatic rings. The fourth-order valence-corrected chi connectivity index (χ4v) is 3.40. The Bertz CT molecular complexity index is 998. The minimum Gasteiger partial charge on any atom is -0.395 e. The van der Waals surface area contributed by atoms with E-state index in [1.807, 2.05) is 0 Å². The third-order valence-electron chi connectivity index (χ3n) is 4.47. The molecule has 0 spiro atoms. The maximum absolute atomic E-state index is 6.40. The second kappa shape index (κ2) is 4.41. The predicted octanol–water partition coefficient (Wildman–Crippen LogP) is 4.39. The van der Waals surface area contributed by atoms with Crippen molar-refractivity contribution >= 4 is 22.4 Å². The number of rotatable bonds is 1. The molecule has 0 aliphatic heterocycles. The van der Waals surface area contributed by atoms with Crippen LogP contribution in [0.1, 0.15) is 16.7 Å². The minimum absolute atomic E-state index is 0.846. The van der Waals surface area contributed by atoms with Crippen LogP contribution in [0.4, 0.5) is 5.69 Å². The highest BCUT2D eigenvalue weighted by molar-refractivity contribution is 5.90. The normalized spacial score (nSPS) is 11.6. The molecule has 2 aromatic heterocycles. The second-order valence-electron chi connectivity index (χ2n) is 5.98. The Morgan fingerprint density at radius 1 is 0.773 bits per heavy atom. The summed E-state index contributed by atoms with van der Waals surface area (Å²) >= 11 is 0. The molecular formula is C19H19N3. The summed E-state index contributed by atoms with van der Waals surface area (Å²) in [5.74, 6) is 0. The van der Waals surface area contributed by atoms with E-state index in [0.29, 0.717) is 0 Å². The van der Waals surface area contributed by atoms with E-state index in [9.17, 15) is 0 Å². The van der Waals surface area contributed by atoms with E-state index in [2.05, 4.69) is 78.4 Å². The van der Waals surface area contributed by atoms with Gasteiger partial charge in [0.25, 0.3) is 0 Å². The summed E-state index contributed by atoms with van der Waals surface area (Å²) in [6.07, 6.45) is 2.12. The number of anilines is 1. The van der Waals surface area contributed by atoms with Crippen molar-refractivity contribution in [2.45, 2.75) is 20.8 Å². The second-order valence-corrected chi connectivity index (χ2v) is 5.98. The van der Waals surface area contributed by atoms with E-state index < -0.39 is 0 Å². The molecule has 2 aromatic carbocycles. The average molecular weight is 289 g/mol. The molecule has 4 rings (SSSR count). The lowest BCUT2D eigenvalue weighted by Crippen LogP contribution is -2.01. The van der Waals surface area contributed by atoms with E-state index in [4.69, 9.17) is 5.73 Å². The zero-order chi connectivity index (χ0) is 15.4. The van der Waals surface area contributed by atoms with Gasteiger partial charge in [0, 0.05) is 6.20 Å². The Morgan fingerprint density at radius 3 is 2.09 bits per heavy atom. The van der Waals surface area contributed by atoms with Crippen LogP contribution in [0, 0.1) is 20.8 Å².